The molecule has 5 rings (SSSR count). The minimum Gasteiger partial charge on any atom is -0.487 e. The van der Waals surface area contributed by atoms with E-state index < -0.39 is 17.8 Å². The number of nitrogens with zero attached hydrogens (tertiary/aromatic N) is 1. The number of aryl methyl sites for hydroxylation is 1. The van der Waals surface area contributed by atoms with Crippen molar-refractivity contribution in [2.45, 2.75) is 13.5 Å². The lowest BCUT2D eigenvalue weighted by Gasteiger charge is -2.26. The van der Waals surface area contributed by atoms with Gasteiger partial charge in [-0.1, -0.05) is 60.2 Å². The summed E-state index contributed by atoms with van der Waals surface area (Å²) in [5.74, 6) is -0.853. The van der Waals surface area contributed by atoms with Crippen LogP contribution in [0.25, 0.3) is 16.8 Å². The van der Waals surface area contributed by atoms with E-state index in [4.69, 9.17) is 4.74 Å². The van der Waals surface area contributed by atoms with Crippen molar-refractivity contribution in [2.24, 2.45) is 0 Å². The van der Waals surface area contributed by atoms with Crippen molar-refractivity contribution in [2.75, 3.05) is 4.90 Å². The highest BCUT2D eigenvalue weighted by Gasteiger charge is 2.36. The highest BCUT2D eigenvalue weighted by molar-refractivity contribution is 9.11. The van der Waals surface area contributed by atoms with Crippen molar-refractivity contribution in [3.63, 3.8) is 0 Å². The van der Waals surface area contributed by atoms with Crippen LogP contribution in [0, 0.1) is 6.92 Å². The van der Waals surface area contributed by atoms with Crippen LogP contribution in [0.5, 0.6) is 5.75 Å². The molecule has 1 aliphatic heterocycles. The number of anilines is 1. The molecular formula is C29H20Br2N2O4. The Morgan fingerprint density at radius 2 is 1.57 bits per heavy atom. The Labute approximate surface area is 230 Å². The van der Waals surface area contributed by atoms with Crippen LogP contribution < -0.4 is 15.0 Å². The molecule has 37 heavy (non-hydrogen) atoms. The molecule has 0 aromatic heterocycles. The van der Waals surface area contributed by atoms with E-state index in [1.807, 2.05) is 31.2 Å². The fraction of sp³-hybridized carbons (Fsp3) is 0.0690. The Kier molecular flexibility index (Phi) is 6.95. The predicted molar refractivity (Wildman–Crippen MR) is 150 cm³/mol. The Balaban J connectivity index is 1.41. The number of rotatable bonds is 5. The molecule has 0 bridgehead atoms. The molecule has 1 N–H and O–H groups in total. The fourth-order valence-corrected chi connectivity index (χ4v) is 5.57. The van der Waals surface area contributed by atoms with Gasteiger partial charge in [-0.15, -0.1) is 0 Å². The molecular weight excluding hydrogens is 600 g/mol. The Morgan fingerprint density at radius 1 is 0.892 bits per heavy atom. The third kappa shape index (κ3) is 5.08. The largest absolute Gasteiger partial charge is 0.487 e. The van der Waals surface area contributed by atoms with E-state index in [-0.39, 0.29) is 5.57 Å². The zero-order chi connectivity index (χ0) is 26.1. The van der Waals surface area contributed by atoms with Crippen LogP contribution in [-0.4, -0.2) is 17.8 Å². The van der Waals surface area contributed by atoms with Crippen LogP contribution in [0.4, 0.5) is 10.5 Å². The number of urea groups is 1. The summed E-state index contributed by atoms with van der Waals surface area (Å²) in [4.78, 5) is 39.1. The number of fused-ring (bicyclic) bond motifs is 1. The van der Waals surface area contributed by atoms with Gasteiger partial charge in [-0.05, 0) is 91.0 Å². The van der Waals surface area contributed by atoms with E-state index in [1.165, 1.54) is 6.08 Å². The molecule has 0 radical (unpaired) electrons. The van der Waals surface area contributed by atoms with E-state index in [0.717, 1.165) is 26.8 Å². The zero-order valence-electron chi connectivity index (χ0n) is 19.6. The Hall–Kier alpha value is -3.75. The van der Waals surface area contributed by atoms with E-state index >= 15 is 0 Å². The number of benzene rings is 4. The second-order valence-corrected chi connectivity index (χ2v) is 10.2. The highest BCUT2D eigenvalue weighted by Crippen LogP contribution is 2.36. The molecule has 4 amide bonds. The van der Waals surface area contributed by atoms with Crippen molar-refractivity contribution in [3.8, 4) is 5.75 Å². The maximum Gasteiger partial charge on any atom is 0.335 e. The van der Waals surface area contributed by atoms with Gasteiger partial charge in [-0.25, -0.2) is 9.69 Å². The molecule has 1 heterocycles. The lowest BCUT2D eigenvalue weighted by atomic mass is 10.1. The number of ether oxygens (including phenoxy) is 1. The first-order chi connectivity index (χ1) is 17.8. The number of carbonyl (C=O) groups excluding carboxylic acids is 3. The van der Waals surface area contributed by atoms with Crippen molar-refractivity contribution < 1.29 is 19.1 Å². The van der Waals surface area contributed by atoms with Crippen LogP contribution in [0.15, 0.2) is 93.4 Å². The van der Waals surface area contributed by atoms with Gasteiger partial charge in [0, 0.05) is 0 Å². The summed E-state index contributed by atoms with van der Waals surface area (Å²) in [6.45, 7) is 2.26. The van der Waals surface area contributed by atoms with Crippen LogP contribution >= 0.6 is 31.9 Å². The molecule has 1 fully saturated rings. The third-order valence-corrected chi connectivity index (χ3v) is 7.16. The molecule has 8 heteroatoms. The molecule has 4 aromatic carbocycles. The number of carbonyl (C=O) groups is 3. The first kappa shape index (κ1) is 24.9. The summed E-state index contributed by atoms with van der Waals surface area (Å²) in [6, 6.07) is 23.8. The number of nitrogens with one attached hydrogen (secondary N) is 1. The number of hydrogen-bond donors (Lipinski definition) is 1. The molecule has 6 nitrogen and oxygen atoms in total. The molecule has 0 aliphatic carbocycles. The quantitative estimate of drug-likeness (QED) is 0.194. The van der Waals surface area contributed by atoms with Crippen molar-refractivity contribution in [1.29, 1.82) is 0 Å². The van der Waals surface area contributed by atoms with Gasteiger partial charge in [-0.3, -0.25) is 14.9 Å². The Morgan fingerprint density at radius 3 is 2.30 bits per heavy atom. The van der Waals surface area contributed by atoms with Gasteiger partial charge in [0.25, 0.3) is 11.8 Å². The van der Waals surface area contributed by atoms with E-state index in [2.05, 4.69) is 55.4 Å². The summed E-state index contributed by atoms with van der Waals surface area (Å²) >= 11 is 7.09. The number of barbiturate groups is 1. The van der Waals surface area contributed by atoms with Gasteiger partial charge in [-0.2, -0.15) is 0 Å². The summed E-state index contributed by atoms with van der Waals surface area (Å²) in [6.07, 6.45) is 1.45. The lowest BCUT2D eigenvalue weighted by molar-refractivity contribution is -0.122. The van der Waals surface area contributed by atoms with E-state index in [0.29, 0.717) is 32.6 Å². The maximum absolute atomic E-state index is 13.2. The molecule has 0 spiro atoms. The number of halogens is 2. The van der Waals surface area contributed by atoms with Gasteiger partial charge < -0.3 is 4.74 Å². The van der Waals surface area contributed by atoms with Crippen LogP contribution in [0.3, 0.4) is 0 Å². The number of imide groups is 2. The molecule has 0 atom stereocenters. The zero-order valence-corrected chi connectivity index (χ0v) is 22.8. The standard InChI is InChI=1S/C29H20Br2N2O4/c1-17-9-11-21(12-10-17)33-28(35)23(27(34)32-29(33)36)13-18-14-24(30)26(25(31)15-18)37-16-20-7-4-6-19-5-2-3-8-22(19)20/h2-15H,16H2,1H3,(H,32,34,36)/b23-13+. The average Bonchev–Trinajstić information content (AvgIpc) is 2.87. The van der Waals surface area contributed by atoms with Gasteiger partial charge >= 0.3 is 6.03 Å². The summed E-state index contributed by atoms with van der Waals surface area (Å²) < 4.78 is 7.42. The van der Waals surface area contributed by atoms with Gasteiger partial charge in [0.05, 0.1) is 14.6 Å². The molecule has 184 valence electrons. The molecule has 1 aliphatic rings. The molecule has 0 unspecified atom stereocenters. The van der Waals surface area contributed by atoms with Gasteiger partial charge in [0.1, 0.15) is 17.9 Å². The van der Waals surface area contributed by atoms with E-state index in [9.17, 15) is 14.4 Å². The minimum absolute atomic E-state index is 0.150. The Bertz CT molecular complexity index is 1570. The second-order valence-electron chi connectivity index (χ2n) is 8.53. The monoisotopic (exact) mass is 618 g/mol. The fourth-order valence-electron chi connectivity index (χ4n) is 4.12. The van der Waals surface area contributed by atoms with Crippen molar-refractivity contribution in [3.05, 3.63) is 110 Å². The summed E-state index contributed by atoms with van der Waals surface area (Å²) in [7, 11) is 0. The number of hydrogen-bond acceptors (Lipinski definition) is 4. The van der Waals surface area contributed by atoms with Crippen molar-refractivity contribution >= 4 is 72.2 Å². The maximum atomic E-state index is 13.2. The first-order valence-electron chi connectivity index (χ1n) is 11.4. The first-order valence-corrected chi connectivity index (χ1v) is 13.0. The third-order valence-electron chi connectivity index (χ3n) is 5.98. The predicted octanol–water partition coefficient (Wildman–Crippen LogP) is 6.92. The number of amides is 4. The van der Waals surface area contributed by atoms with Gasteiger partial charge in [0.15, 0.2) is 0 Å². The van der Waals surface area contributed by atoms with Gasteiger partial charge in [0.2, 0.25) is 0 Å². The SMILES string of the molecule is Cc1ccc(N2C(=O)NC(=O)/C(=C\c3cc(Br)c(OCc4cccc5ccccc45)c(Br)c3)C2=O)cc1. The molecule has 0 saturated carbocycles. The van der Waals surface area contributed by atoms with E-state index in [1.54, 1.807) is 36.4 Å². The minimum atomic E-state index is -0.782. The van der Waals surface area contributed by atoms with Crippen LogP contribution in [0.2, 0.25) is 0 Å². The smallest absolute Gasteiger partial charge is 0.335 e. The summed E-state index contributed by atoms with van der Waals surface area (Å²) in [5, 5.41) is 4.50. The highest BCUT2D eigenvalue weighted by atomic mass is 79.9. The molecule has 1 saturated heterocycles. The van der Waals surface area contributed by atoms with Crippen LogP contribution in [-0.2, 0) is 16.2 Å². The molecule has 4 aromatic rings. The summed E-state index contributed by atoms with van der Waals surface area (Å²) in [5.41, 5.74) is 2.84. The second kappa shape index (κ2) is 10.3. The normalized spacial score (nSPS) is 14.8. The van der Waals surface area contributed by atoms with Crippen LogP contribution in [0.1, 0.15) is 16.7 Å². The topological polar surface area (TPSA) is 75.7 Å². The average molecular weight is 620 g/mol. The van der Waals surface area contributed by atoms with Crippen molar-refractivity contribution in [1.82, 2.24) is 5.32 Å². The lowest BCUT2D eigenvalue weighted by Crippen LogP contribution is -2.54.